The summed E-state index contributed by atoms with van der Waals surface area (Å²) >= 11 is 0. The smallest absolute Gasteiger partial charge is 0.191 e. The third-order valence-corrected chi connectivity index (χ3v) is 4.63. The molecule has 1 aliphatic rings. The van der Waals surface area contributed by atoms with E-state index in [0.717, 1.165) is 83.5 Å². The van der Waals surface area contributed by atoms with Crippen molar-refractivity contribution in [2.24, 2.45) is 4.99 Å². The van der Waals surface area contributed by atoms with E-state index in [1.165, 1.54) is 6.07 Å². The van der Waals surface area contributed by atoms with Crippen molar-refractivity contribution in [1.82, 2.24) is 15.5 Å². The Morgan fingerprint density at radius 2 is 1.93 bits per heavy atom. The van der Waals surface area contributed by atoms with E-state index < -0.39 is 0 Å². The summed E-state index contributed by atoms with van der Waals surface area (Å²) in [6.45, 7) is 10.1. The monoisotopic (exact) mass is 379 g/mol. The van der Waals surface area contributed by atoms with Gasteiger partial charge in [0.05, 0.1) is 5.69 Å². The maximum Gasteiger partial charge on any atom is 0.191 e. The van der Waals surface area contributed by atoms with E-state index in [2.05, 4.69) is 32.3 Å². The Balaban J connectivity index is 1.64. The molecular formula is C20H34FN5O. The lowest BCUT2D eigenvalue weighted by molar-refractivity contribution is 0.197. The van der Waals surface area contributed by atoms with Crippen LogP contribution in [0.3, 0.4) is 0 Å². The Hall–Kier alpha value is -1.86. The minimum absolute atomic E-state index is 0.129. The zero-order valence-corrected chi connectivity index (χ0v) is 16.7. The molecule has 1 aromatic rings. The molecule has 0 amide bonds. The van der Waals surface area contributed by atoms with E-state index in [9.17, 15) is 4.39 Å². The minimum Gasteiger partial charge on any atom is -0.385 e. The Kier molecular flexibility index (Phi) is 9.94. The van der Waals surface area contributed by atoms with Gasteiger partial charge in [-0.3, -0.25) is 9.89 Å². The second-order valence-electron chi connectivity index (χ2n) is 6.67. The molecule has 1 heterocycles. The maximum absolute atomic E-state index is 13.9. The van der Waals surface area contributed by atoms with Crippen molar-refractivity contribution < 1.29 is 9.13 Å². The van der Waals surface area contributed by atoms with Crippen molar-refractivity contribution in [1.29, 1.82) is 0 Å². The highest BCUT2D eigenvalue weighted by Gasteiger charge is 2.18. The van der Waals surface area contributed by atoms with Crippen LogP contribution in [0.2, 0.25) is 0 Å². The van der Waals surface area contributed by atoms with Gasteiger partial charge in [0.15, 0.2) is 5.96 Å². The highest BCUT2D eigenvalue weighted by molar-refractivity contribution is 5.79. The number of hydrogen-bond acceptors (Lipinski definition) is 4. The van der Waals surface area contributed by atoms with Crippen LogP contribution in [0.1, 0.15) is 19.8 Å². The number of benzene rings is 1. The summed E-state index contributed by atoms with van der Waals surface area (Å²) in [4.78, 5) is 9.13. The van der Waals surface area contributed by atoms with Gasteiger partial charge in [-0.05, 0) is 38.4 Å². The molecule has 0 saturated carbocycles. The molecule has 0 aliphatic carbocycles. The fraction of sp³-hybridized carbons (Fsp3) is 0.650. The maximum atomic E-state index is 13.9. The van der Waals surface area contributed by atoms with E-state index in [0.29, 0.717) is 0 Å². The number of para-hydroxylation sites is 1. The molecular weight excluding hydrogens is 345 g/mol. The van der Waals surface area contributed by atoms with E-state index in [1.807, 2.05) is 12.1 Å². The number of hydrogen-bond donors (Lipinski definition) is 2. The van der Waals surface area contributed by atoms with E-state index in [-0.39, 0.29) is 5.82 Å². The zero-order chi connectivity index (χ0) is 19.3. The summed E-state index contributed by atoms with van der Waals surface area (Å²) in [5.41, 5.74) is 0.721. The van der Waals surface area contributed by atoms with Gasteiger partial charge >= 0.3 is 0 Å². The van der Waals surface area contributed by atoms with Crippen molar-refractivity contribution in [3.8, 4) is 0 Å². The molecule has 1 fully saturated rings. The van der Waals surface area contributed by atoms with Gasteiger partial charge in [-0.2, -0.15) is 0 Å². The van der Waals surface area contributed by atoms with Crippen LogP contribution in [-0.4, -0.2) is 76.9 Å². The van der Waals surface area contributed by atoms with Crippen LogP contribution in [0.5, 0.6) is 0 Å². The van der Waals surface area contributed by atoms with E-state index in [1.54, 1.807) is 13.2 Å². The van der Waals surface area contributed by atoms with Crippen molar-refractivity contribution >= 4 is 11.6 Å². The Morgan fingerprint density at radius 3 is 2.63 bits per heavy atom. The molecule has 27 heavy (non-hydrogen) atoms. The molecule has 0 bridgehead atoms. The molecule has 0 atom stereocenters. The van der Waals surface area contributed by atoms with E-state index in [4.69, 9.17) is 4.74 Å². The van der Waals surface area contributed by atoms with Crippen molar-refractivity contribution in [2.75, 3.05) is 71.0 Å². The number of halogens is 1. The molecule has 2 rings (SSSR count). The summed E-state index contributed by atoms with van der Waals surface area (Å²) in [5.74, 6) is 0.744. The molecule has 1 saturated heterocycles. The number of guanidine groups is 1. The first-order valence-electron chi connectivity index (χ1n) is 9.97. The van der Waals surface area contributed by atoms with Crippen molar-refractivity contribution in [3.63, 3.8) is 0 Å². The minimum atomic E-state index is -0.129. The Bertz CT molecular complexity index is 561. The highest BCUT2D eigenvalue weighted by atomic mass is 19.1. The number of anilines is 1. The molecule has 1 aromatic carbocycles. The molecule has 2 N–H and O–H groups in total. The number of nitrogens with zero attached hydrogens (tertiary/aromatic N) is 3. The van der Waals surface area contributed by atoms with Crippen molar-refractivity contribution in [2.45, 2.75) is 19.8 Å². The first-order chi connectivity index (χ1) is 13.2. The first kappa shape index (κ1) is 21.4. The predicted octanol–water partition coefficient (Wildman–Crippen LogP) is 1.93. The largest absolute Gasteiger partial charge is 0.385 e. The average molecular weight is 380 g/mol. The van der Waals surface area contributed by atoms with Crippen LogP contribution in [0.15, 0.2) is 29.3 Å². The number of methoxy groups -OCH3 is 1. The fourth-order valence-corrected chi connectivity index (χ4v) is 3.17. The molecule has 0 spiro atoms. The standard InChI is InChI=1S/C20H34FN5O/c1-3-22-20(24-11-7-17-27-2)23-10-6-12-25-13-15-26(16-14-25)19-9-5-4-8-18(19)21/h4-5,8-9H,3,6-7,10-17H2,1-2H3,(H2,22,23,24). The van der Waals surface area contributed by atoms with Crippen LogP contribution in [0.4, 0.5) is 10.1 Å². The number of aliphatic imine (C=N–C) groups is 1. The molecule has 0 aromatic heterocycles. The van der Waals surface area contributed by atoms with Gasteiger partial charge in [-0.1, -0.05) is 12.1 Å². The van der Waals surface area contributed by atoms with Gasteiger partial charge in [0.2, 0.25) is 0 Å². The second kappa shape index (κ2) is 12.5. The number of rotatable bonds is 10. The van der Waals surface area contributed by atoms with Gasteiger partial charge in [0.1, 0.15) is 5.82 Å². The summed E-state index contributed by atoms with van der Waals surface area (Å²) in [5, 5.41) is 6.66. The lowest BCUT2D eigenvalue weighted by Gasteiger charge is -2.36. The highest BCUT2D eigenvalue weighted by Crippen LogP contribution is 2.20. The summed E-state index contributed by atoms with van der Waals surface area (Å²) in [6, 6.07) is 7.04. The summed E-state index contributed by atoms with van der Waals surface area (Å²) in [6.07, 6.45) is 1.99. The third kappa shape index (κ3) is 7.72. The SMILES string of the molecule is CCNC(=NCCCOC)NCCCN1CCN(c2ccccc2F)CC1. The number of ether oxygens (including phenoxy) is 1. The molecule has 6 nitrogen and oxygen atoms in total. The number of nitrogens with one attached hydrogen (secondary N) is 2. The van der Waals surface area contributed by atoms with Gasteiger partial charge < -0.3 is 20.3 Å². The number of piperazine rings is 1. The average Bonchev–Trinajstić information content (AvgIpc) is 2.69. The molecule has 1 aliphatic heterocycles. The van der Waals surface area contributed by atoms with Crippen LogP contribution in [0.25, 0.3) is 0 Å². The molecule has 0 unspecified atom stereocenters. The van der Waals surface area contributed by atoms with Gasteiger partial charge in [0, 0.05) is 59.5 Å². The summed E-state index contributed by atoms with van der Waals surface area (Å²) in [7, 11) is 1.71. The first-order valence-corrected chi connectivity index (χ1v) is 9.97. The molecule has 152 valence electrons. The Labute approximate surface area is 162 Å². The normalized spacial score (nSPS) is 15.8. The summed E-state index contributed by atoms with van der Waals surface area (Å²) < 4.78 is 19.0. The zero-order valence-electron chi connectivity index (χ0n) is 16.7. The lowest BCUT2D eigenvalue weighted by Crippen LogP contribution is -2.47. The Morgan fingerprint density at radius 1 is 1.15 bits per heavy atom. The quantitative estimate of drug-likeness (QED) is 0.370. The topological polar surface area (TPSA) is 52.1 Å². The van der Waals surface area contributed by atoms with E-state index >= 15 is 0 Å². The fourth-order valence-electron chi connectivity index (χ4n) is 3.17. The molecule has 0 radical (unpaired) electrons. The second-order valence-corrected chi connectivity index (χ2v) is 6.67. The van der Waals surface area contributed by atoms with Gasteiger partial charge in [-0.25, -0.2) is 4.39 Å². The van der Waals surface area contributed by atoms with Gasteiger partial charge in [0.25, 0.3) is 0 Å². The van der Waals surface area contributed by atoms with Gasteiger partial charge in [-0.15, -0.1) is 0 Å². The lowest BCUT2D eigenvalue weighted by atomic mass is 10.2. The van der Waals surface area contributed by atoms with Crippen LogP contribution < -0.4 is 15.5 Å². The third-order valence-electron chi connectivity index (χ3n) is 4.63. The predicted molar refractivity (Wildman–Crippen MR) is 110 cm³/mol. The van der Waals surface area contributed by atoms with Crippen LogP contribution in [0, 0.1) is 5.82 Å². The molecule has 7 heteroatoms. The van der Waals surface area contributed by atoms with Crippen molar-refractivity contribution in [3.05, 3.63) is 30.1 Å². The van der Waals surface area contributed by atoms with Crippen LogP contribution in [-0.2, 0) is 4.74 Å². The van der Waals surface area contributed by atoms with Crippen LogP contribution >= 0.6 is 0 Å².